The number of hydrogen-bond acceptors (Lipinski definition) is 2. The van der Waals surface area contributed by atoms with E-state index in [1.54, 1.807) is 10.9 Å². The molecule has 1 atom stereocenters. The van der Waals surface area contributed by atoms with E-state index in [0.717, 1.165) is 17.1 Å². The van der Waals surface area contributed by atoms with Crippen LogP contribution >= 0.6 is 0 Å². The lowest BCUT2D eigenvalue weighted by Crippen LogP contribution is -2.06. The Morgan fingerprint density at radius 3 is 2.86 bits per heavy atom. The highest BCUT2D eigenvalue weighted by Gasteiger charge is 2.15. The number of nitrogens with one attached hydrogen (secondary N) is 1. The summed E-state index contributed by atoms with van der Waals surface area (Å²) in [7, 11) is 1.83. The first kappa shape index (κ1) is 9.02. The summed E-state index contributed by atoms with van der Waals surface area (Å²) < 4.78 is 1.70. The quantitative estimate of drug-likeness (QED) is 0.747. The number of aromatic amines is 1. The summed E-state index contributed by atoms with van der Waals surface area (Å²) in [6, 6.07) is 5.60. The lowest BCUT2D eigenvalue weighted by atomic mass is 10.2. The van der Waals surface area contributed by atoms with Gasteiger partial charge in [0, 0.05) is 13.2 Å². The molecule has 4 heteroatoms. The fourth-order valence-corrected chi connectivity index (χ4v) is 1.56. The second-order valence-corrected chi connectivity index (χ2v) is 3.36. The van der Waals surface area contributed by atoms with Crippen molar-refractivity contribution >= 4 is 0 Å². The minimum atomic E-state index is -0.629. The molecule has 0 aliphatic carbocycles. The van der Waals surface area contributed by atoms with Gasteiger partial charge in [-0.25, -0.2) is 0 Å². The van der Waals surface area contributed by atoms with Crippen molar-refractivity contribution in [1.29, 1.82) is 0 Å². The molecule has 1 unspecified atom stereocenters. The van der Waals surface area contributed by atoms with Gasteiger partial charge in [-0.05, 0) is 25.1 Å². The zero-order chi connectivity index (χ0) is 10.1. The SMILES string of the molecule is Cc1cc(C(O)c2ccc[nH]2)n(C)n1. The third-order valence-corrected chi connectivity index (χ3v) is 2.23. The number of nitrogens with zero attached hydrogens (tertiary/aromatic N) is 2. The molecule has 0 saturated carbocycles. The Labute approximate surface area is 82.2 Å². The first-order valence-electron chi connectivity index (χ1n) is 4.50. The monoisotopic (exact) mass is 191 g/mol. The van der Waals surface area contributed by atoms with E-state index < -0.39 is 6.10 Å². The largest absolute Gasteiger partial charge is 0.381 e. The zero-order valence-electron chi connectivity index (χ0n) is 8.23. The summed E-state index contributed by atoms with van der Waals surface area (Å²) in [4.78, 5) is 2.98. The van der Waals surface area contributed by atoms with Crippen LogP contribution < -0.4 is 0 Å². The molecule has 0 aromatic carbocycles. The van der Waals surface area contributed by atoms with Crippen molar-refractivity contribution in [3.05, 3.63) is 41.5 Å². The van der Waals surface area contributed by atoms with Crippen LogP contribution in [-0.2, 0) is 7.05 Å². The Morgan fingerprint density at radius 2 is 2.36 bits per heavy atom. The molecule has 0 saturated heterocycles. The normalized spacial score (nSPS) is 13.1. The summed E-state index contributed by atoms with van der Waals surface area (Å²) >= 11 is 0. The predicted molar refractivity (Wildman–Crippen MR) is 52.8 cm³/mol. The lowest BCUT2D eigenvalue weighted by molar-refractivity contribution is 0.205. The van der Waals surface area contributed by atoms with E-state index in [1.165, 1.54) is 0 Å². The molecule has 74 valence electrons. The average Bonchev–Trinajstić information content (AvgIpc) is 2.73. The standard InChI is InChI=1S/C10H13N3O/c1-7-6-9(13(2)12-7)10(14)8-4-3-5-11-8/h3-6,10-11,14H,1-2H3. The van der Waals surface area contributed by atoms with Gasteiger partial charge in [0.1, 0.15) is 6.10 Å². The Hall–Kier alpha value is -1.55. The molecule has 0 fully saturated rings. The fraction of sp³-hybridized carbons (Fsp3) is 0.300. The number of aromatic nitrogens is 3. The molecule has 2 N–H and O–H groups in total. The third kappa shape index (κ3) is 1.44. The van der Waals surface area contributed by atoms with Crippen LogP contribution in [0.15, 0.2) is 24.4 Å². The van der Waals surface area contributed by atoms with Crippen molar-refractivity contribution < 1.29 is 5.11 Å². The average molecular weight is 191 g/mol. The predicted octanol–water partition coefficient (Wildman–Crippen LogP) is 1.14. The smallest absolute Gasteiger partial charge is 0.135 e. The number of aliphatic hydroxyl groups is 1. The van der Waals surface area contributed by atoms with E-state index in [1.807, 2.05) is 32.2 Å². The van der Waals surface area contributed by atoms with Crippen molar-refractivity contribution in [2.45, 2.75) is 13.0 Å². The van der Waals surface area contributed by atoms with Gasteiger partial charge in [0.2, 0.25) is 0 Å². The summed E-state index contributed by atoms with van der Waals surface area (Å²) in [6.07, 6.45) is 1.16. The molecule has 2 aromatic heterocycles. The van der Waals surface area contributed by atoms with E-state index in [4.69, 9.17) is 0 Å². The van der Waals surface area contributed by atoms with Gasteiger partial charge in [-0.1, -0.05) is 0 Å². The van der Waals surface area contributed by atoms with Gasteiger partial charge in [-0.2, -0.15) is 5.10 Å². The minimum Gasteiger partial charge on any atom is -0.381 e. The van der Waals surface area contributed by atoms with Crippen LogP contribution in [0, 0.1) is 6.92 Å². The van der Waals surface area contributed by atoms with E-state index in [0.29, 0.717) is 0 Å². The topological polar surface area (TPSA) is 53.8 Å². The second-order valence-electron chi connectivity index (χ2n) is 3.36. The van der Waals surface area contributed by atoms with Gasteiger partial charge in [0.05, 0.1) is 17.1 Å². The molecule has 0 amide bonds. The third-order valence-electron chi connectivity index (χ3n) is 2.23. The van der Waals surface area contributed by atoms with Crippen molar-refractivity contribution in [2.24, 2.45) is 7.05 Å². The summed E-state index contributed by atoms with van der Waals surface area (Å²) in [5, 5.41) is 14.2. The first-order chi connectivity index (χ1) is 6.68. The van der Waals surface area contributed by atoms with Gasteiger partial charge < -0.3 is 10.1 Å². The van der Waals surface area contributed by atoms with Gasteiger partial charge in [0.25, 0.3) is 0 Å². The first-order valence-corrected chi connectivity index (χ1v) is 4.50. The molecule has 2 rings (SSSR count). The molecule has 2 aromatic rings. The summed E-state index contributed by atoms with van der Waals surface area (Å²) in [6.45, 7) is 1.91. The Kier molecular flexibility index (Phi) is 2.13. The van der Waals surface area contributed by atoms with Gasteiger partial charge in [0.15, 0.2) is 0 Å². The molecule has 4 nitrogen and oxygen atoms in total. The van der Waals surface area contributed by atoms with Crippen LogP contribution in [0.2, 0.25) is 0 Å². The maximum Gasteiger partial charge on any atom is 0.135 e. The maximum atomic E-state index is 9.98. The van der Waals surface area contributed by atoms with Crippen LogP contribution in [0.4, 0.5) is 0 Å². The van der Waals surface area contributed by atoms with Crippen molar-refractivity contribution in [3.8, 4) is 0 Å². The summed E-state index contributed by atoms with van der Waals surface area (Å²) in [5.41, 5.74) is 2.49. The number of H-pyrrole nitrogens is 1. The van der Waals surface area contributed by atoms with E-state index in [9.17, 15) is 5.11 Å². The molecule has 0 spiro atoms. The molecular weight excluding hydrogens is 178 g/mol. The van der Waals surface area contributed by atoms with Crippen molar-refractivity contribution in [2.75, 3.05) is 0 Å². The summed E-state index contributed by atoms with van der Waals surface area (Å²) in [5.74, 6) is 0. The Bertz CT molecular complexity index is 417. The zero-order valence-corrected chi connectivity index (χ0v) is 8.23. The fourth-order valence-electron chi connectivity index (χ4n) is 1.56. The van der Waals surface area contributed by atoms with Crippen molar-refractivity contribution in [1.82, 2.24) is 14.8 Å². The number of rotatable bonds is 2. The Morgan fingerprint density at radius 1 is 1.57 bits per heavy atom. The van der Waals surface area contributed by atoms with Crippen LogP contribution in [0.1, 0.15) is 23.2 Å². The molecule has 0 aliphatic heterocycles. The number of aliphatic hydroxyl groups excluding tert-OH is 1. The van der Waals surface area contributed by atoms with Crippen LogP contribution in [0.25, 0.3) is 0 Å². The maximum absolute atomic E-state index is 9.98. The highest BCUT2D eigenvalue weighted by atomic mass is 16.3. The van der Waals surface area contributed by atoms with Gasteiger partial charge >= 0.3 is 0 Å². The molecule has 0 bridgehead atoms. The van der Waals surface area contributed by atoms with Crippen molar-refractivity contribution in [3.63, 3.8) is 0 Å². The minimum absolute atomic E-state index is 0.629. The highest BCUT2D eigenvalue weighted by molar-refractivity contribution is 5.21. The number of aryl methyl sites for hydroxylation is 2. The lowest BCUT2D eigenvalue weighted by Gasteiger charge is -2.08. The highest BCUT2D eigenvalue weighted by Crippen LogP contribution is 2.20. The van der Waals surface area contributed by atoms with E-state index in [-0.39, 0.29) is 0 Å². The molecular formula is C10H13N3O. The Balaban J connectivity index is 2.36. The number of hydrogen-bond donors (Lipinski definition) is 2. The van der Waals surface area contributed by atoms with E-state index in [2.05, 4.69) is 10.1 Å². The molecule has 0 radical (unpaired) electrons. The van der Waals surface area contributed by atoms with Gasteiger partial charge in [-0.3, -0.25) is 4.68 Å². The van der Waals surface area contributed by atoms with Gasteiger partial charge in [-0.15, -0.1) is 0 Å². The molecule has 14 heavy (non-hydrogen) atoms. The van der Waals surface area contributed by atoms with Crippen LogP contribution in [0.5, 0.6) is 0 Å². The van der Waals surface area contributed by atoms with Crippen LogP contribution in [-0.4, -0.2) is 19.9 Å². The molecule has 2 heterocycles. The van der Waals surface area contributed by atoms with Crippen LogP contribution in [0.3, 0.4) is 0 Å². The molecule has 0 aliphatic rings. The second kappa shape index (κ2) is 3.31. The van der Waals surface area contributed by atoms with E-state index >= 15 is 0 Å².